The van der Waals surface area contributed by atoms with Crippen LogP contribution >= 0.6 is 0 Å². The lowest BCUT2D eigenvalue weighted by Gasteiger charge is -2.30. The summed E-state index contributed by atoms with van der Waals surface area (Å²) in [5.74, 6) is -0.611. The summed E-state index contributed by atoms with van der Waals surface area (Å²) >= 11 is 0. The summed E-state index contributed by atoms with van der Waals surface area (Å²) in [6.07, 6.45) is 3.61. The minimum atomic E-state index is -0.287. The van der Waals surface area contributed by atoms with Crippen molar-refractivity contribution in [1.29, 1.82) is 0 Å². The predicted molar refractivity (Wildman–Crippen MR) is 120 cm³/mol. The molecule has 1 fully saturated rings. The first kappa shape index (κ1) is 21.1. The van der Waals surface area contributed by atoms with Crippen LogP contribution < -0.4 is 4.90 Å². The first-order valence-corrected chi connectivity index (χ1v) is 11.1. The molecule has 6 heteroatoms. The minimum absolute atomic E-state index is 0.0704. The molecule has 6 nitrogen and oxygen atoms in total. The Hall–Kier alpha value is -3.15. The Morgan fingerprint density at radius 3 is 2.55 bits per heavy atom. The van der Waals surface area contributed by atoms with Crippen molar-refractivity contribution < 1.29 is 14.4 Å². The summed E-state index contributed by atoms with van der Waals surface area (Å²) < 4.78 is 0. The Morgan fingerprint density at radius 1 is 1.06 bits per heavy atom. The van der Waals surface area contributed by atoms with E-state index in [0.717, 1.165) is 37.9 Å². The third-order valence-corrected chi connectivity index (χ3v) is 6.27. The number of hydrogen-bond acceptors (Lipinski definition) is 4. The van der Waals surface area contributed by atoms with Gasteiger partial charge in [0.1, 0.15) is 0 Å². The minimum Gasteiger partial charge on any atom is -0.373 e. The van der Waals surface area contributed by atoms with Crippen molar-refractivity contribution in [1.82, 2.24) is 9.80 Å². The number of carbonyl (C=O) groups excluding carboxylic acids is 3. The van der Waals surface area contributed by atoms with Gasteiger partial charge in [-0.05, 0) is 49.6 Å². The number of unbranched alkanes of at least 4 members (excludes halogenated alkanes) is 1. The average molecular weight is 420 g/mol. The largest absolute Gasteiger partial charge is 0.373 e. The second-order valence-electron chi connectivity index (χ2n) is 8.39. The Morgan fingerprint density at radius 2 is 1.81 bits per heavy atom. The first-order valence-electron chi connectivity index (χ1n) is 11.1. The van der Waals surface area contributed by atoms with Crippen LogP contribution in [0.5, 0.6) is 0 Å². The van der Waals surface area contributed by atoms with E-state index in [4.69, 9.17) is 0 Å². The van der Waals surface area contributed by atoms with E-state index in [1.807, 2.05) is 37.1 Å². The molecule has 1 saturated heterocycles. The molecule has 2 aliphatic rings. The number of carbonyl (C=O) groups is 3. The summed E-state index contributed by atoms with van der Waals surface area (Å²) in [7, 11) is 2.04. The summed E-state index contributed by atoms with van der Waals surface area (Å²) in [4.78, 5) is 44.0. The number of likely N-dealkylation sites (N-methyl/N-ethyl adjacent to an activating group) is 1. The molecule has 2 aliphatic heterocycles. The lowest BCUT2D eigenvalue weighted by Crippen LogP contribution is -2.42. The molecular formula is C25H29N3O3. The fourth-order valence-electron chi connectivity index (χ4n) is 4.51. The number of hydrogen-bond donors (Lipinski definition) is 0. The first-order chi connectivity index (χ1) is 15.0. The molecule has 0 aliphatic carbocycles. The maximum atomic E-state index is 13.3. The number of nitrogens with zero attached hydrogens (tertiary/aromatic N) is 3. The van der Waals surface area contributed by atoms with Crippen LogP contribution in [0.15, 0.2) is 48.5 Å². The van der Waals surface area contributed by atoms with Gasteiger partial charge < -0.3 is 9.80 Å². The van der Waals surface area contributed by atoms with Crippen molar-refractivity contribution in [2.24, 2.45) is 0 Å². The average Bonchev–Trinajstić information content (AvgIpc) is 3.35. The highest BCUT2D eigenvalue weighted by atomic mass is 16.2. The number of imide groups is 1. The molecule has 0 unspecified atom stereocenters. The summed E-state index contributed by atoms with van der Waals surface area (Å²) in [6.45, 7) is 3.91. The molecule has 31 heavy (non-hydrogen) atoms. The molecule has 0 N–H and O–H groups in total. The quantitative estimate of drug-likeness (QED) is 0.640. The van der Waals surface area contributed by atoms with Gasteiger partial charge >= 0.3 is 0 Å². The molecule has 0 bridgehead atoms. The van der Waals surface area contributed by atoms with Gasteiger partial charge in [0.05, 0.1) is 11.1 Å². The third-order valence-electron chi connectivity index (χ3n) is 6.27. The van der Waals surface area contributed by atoms with Gasteiger partial charge in [-0.15, -0.1) is 0 Å². The fourth-order valence-corrected chi connectivity index (χ4v) is 4.51. The van der Waals surface area contributed by atoms with E-state index in [2.05, 4.69) is 17.0 Å². The van der Waals surface area contributed by atoms with Gasteiger partial charge in [0.2, 0.25) is 0 Å². The van der Waals surface area contributed by atoms with Crippen LogP contribution in [0.2, 0.25) is 0 Å². The van der Waals surface area contributed by atoms with Crippen LogP contribution in [0.25, 0.3) is 0 Å². The number of para-hydroxylation sites is 1. The van der Waals surface area contributed by atoms with Crippen molar-refractivity contribution in [2.45, 2.75) is 38.6 Å². The van der Waals surface area contributed by atoms with E-state index in [1.54, 1.807) is 18.2 Å². The smallest absolute Gasteiger partial charge is 0.261 e. The maximum absolute atomic E-state index is 13.3. The van der Waals surface area contributed by atoms with Crippen molar-refractivity contribution in [3.8, 4) is 0 Å². The second kappa shape index (κ2) is 8.92. The van der Waals surface area contributed by atoms with Gasteiger partial charge in [0, 0.05) is 44.0 Å². The highest BCUT2D eigenvalue weighted by Gasteiger charge is 2.37. The Bertz CT molecular complexity index is 989. The van der Waals surface area contributed by atoms with E-state index in [-0.39, 0.29) is 23.8 Å². The second-order valence-corrected chi connectivity index (χ2v) is 8.39. The van der Waals surface area contributed by atoms with Crippen LogP contribution in [0.1, 0.15) is 63.7 Å². The van der Waals surface area contributed by atoms with Gasteiger partial charge in [0.25, 0.3) is 17.7 Å². The molecule has 0 saturated carbocycles. The summed E-state index contributed by atoms with van der Waals surface area (Å²) in [5.41, 5.74) is 2.35. The number of fused-ring (bicyclic) bond motifs is 1. The van der Waals surface area contributed by atoms with Gasteiger partial charge in [-0.1, -0.05) is 31.5 Å². The monoisotopic (exact) mass is 419 g/mol. The van der Waals surface area contributed by atoms with E-state index >= 15 is 0 Å². The number of anilines is 1. The van der Waals surface area contributed by atoms with Crippen LogP contribution in [-0.2, 0) is 0 Å². The molecule has 0 spiro atoms. The standard InChI is InChI=1S/C25H29N3O3/c1-3-4-14-28-24(30)21-13-12-18(16-22(21)25(28)31)23(29)27-15-8-11-20(27)17-26(2)19-9-6-5-7-10-19/h5-7,9-10,12-13,16,20H,3-4,8,11,14-15,17H2,1-2H3/t20-/m1/s1. The highest BCUT2D eigenvalue weighted by molar-refractivity contribution is 6.22. The molecule has 2 heterocycles. The lowest BCUT2D eigenvalue weighted by molar-refractivity contribution is 0.0651. The number of rotatable bonds is 7. The van der Waals surface area contributed by atoms with Crippen LogP contribution in [0.4, 0.5) is 5.69 Å². The summed E-state index contributed by atoms with van der Waals surface area (Å²) in [6, 6.07) is 15.2. The molecule has 1 atom stereocenters. The predicted octanol–water partition coefficient (Wildman–Crippen LogP) is 3.82. The number of benzene rings is 2. The zero-order chi connectivity index (χ0) is 22.0. The van der Waals surface area contributed by atoms with E-state index in [1.165, 1.54) is 4.90 Å². The number of amides is 3. The van der Waals surface area contributed by atoms with E-state index in [0.29, 0.717) is 29.8 Å². The molecule has 0 aromatic heterocycles. The van der Waals surface area contributed by atoms with Gasteiger partial charge in [-0.3, -0.25) is 19.3 Å². The molecule has 3 amide bonds. The molecule has 2 aromatic rings. The SMILES string of the molecule is CCCCN1C(=O)c2ccc(C(=O)N3CCC[C@@H]3CN(C)c3ccccc3)cc2C1=O. The zero-order valence-electron chi connectivity index (χ0n) is 18.2. The lowest BCUT2D eigenvalue weighted by atomic mass is 10.0. The van der Waals surface area contributed by atoms with Crippen molar-refractivity contribution in [2.75, 3.05) is 31.6 Å². The fraction of sp³-hybridized carbons (Fsp3) is 0.400. The Balaban J connectivity index is 1.50. The molecule has 162 valence electrons. The van der Waals surface area contributed by atoms with Gasteiger partial charge in [0.15, 0.2) is 0 Å². The Labute approximate surface area is 183 Å². The molecule has 2 aromatic carbocycles. The zero-order valence-corrected chi connectivity index (χ0v) is 18.2. The normalized spacial score (nSPS) is 17.9. The molecule has 0 radical (unpaired) electrons. The van der Waals surface area contributed by atoms with Gasteiger partial charge in [-0.2, -0.15) is 0 Å². The molecule has 4 rings (SSSR count). The van der Waals surface area contributed by atoms with Crippen LogP contribution in [0, 0.1) is 0 Å². The maximum Gasteiger partial charge on any atom is 0.261 e. The summed E-state index contributed by atoms with van der Waals surface area (Å²) in [5, 5.41) is 0. The molecular weight excluding hydrogens is 390 g/mol. The van der Waals surface area contributed by atoms with Crippen LogP contribution in [0.3, 0.4) is 0 Å². The third kappa shape index (κ3) is 4.07. The van der Waals surface area contributed by atoms with E-state index < -0.39 is 0 Å². The van der Waals surface area contributed by atoms with Crippen molar-refractivity contribution >= 4 is 23.4 Å². The topological polar surface area (TPSA) is 60.9 Å². The van der Waals surface area contributed by atoms with Gasteiger partial charge in [-0.25, -0.2) is 0 Å². The van der Waals surface area contributed by atoms with Crippen molar-refractivity contribution in [3.05, 3.63) is 65.2 Å². The number of likely N-dealkylation sites (tertiary alicyclic amines) is 1. The highest BCUT2D eigenvalue weighted by Crippen LogP contribution is 2.27. The van der Waals surface area contributed by atoms with Crippen LogP contribution in [-0.4, -0.2) is 60.2 Å². The van der Waals surface area contributed by atoms with Crippen molar-refractivity contribution in [3.63, 3.8) is 0 Å². The Kier molecular flexibility index (Phi) is 6.07. The van der Waals surface area contributed by atoms with E-state index in [9.17, 15) is 14.4 Å².